The van der Waals surface area contributed by atoms with Crippen LogP contribution in [0, 0.1) is 11.3 Å². The van der Waals surface area contributed by atoms with E-state index in [1.165, 1.54) is 0 Å². The highest BCUT2D eigenvalue weighted by Gasteiger charge is 2.19. The van der Waals surface area contributed by atoms with Crippen molar-refractivity contribution < 1.29 is 4.79 Å². The van der Waals surface area contributed by atoms with Crippen LogP contribution in [0.25, 0.3) is 5.69 Å². The van der Waals surface area contributed by atoms with E-state index in [-0.39, 0.29) is 5.91 Å². The van der Waals surface area contributed by atoms with Gasteiger partial charge in [0.2, 0.25) is 0 Å². The largest absolute Gasteiger partial charge is 0.347 e. The number of nitriles is 1. The third-order valence-corrected chi connectivity index (χ3v) is 4.30. The number of halogens is 1. The van der Waals surface area contributed by atoms with E-state index >= 15 is 0 Å². The Bertz CT molecular complexity index is 910. The van der Waals surface area contributed by atoms with Gasteiger partial charge in [-0.1, -0.05) is 42.5 Å². The third kappa shape index (κ3) is 3.24. The molecule has 24 heavy (non-hydrogen) atoms. The van der Waals surface area contributed by atoms with E-state index in [1.54, 1.807) is 16.8 Å². The minimum atomic E-state index is -0.281. The summed E-state index contributed by atoms with van der Waals surface area (Å²) in [6.45, 7) is 0.408. The van der Waals surface area contributed by atoms with Crippen molar-refractivity contribution in [3.05, 3.63) is 88.2 Å². The Morgan fingerprint density at radius 2 is 1.79 bits per heavy atom. The molecule has 0 aliphatic carbocycles. The van der Waals surface area contributed by atoms with Crippen LogP contribution in [0.1, 0.15) is 21.6 Å². The number of carbonyl (C=O) groups excluding carboxylic acids is 1. The maximum Gasteiger partial charge on any atom is 0.269 e. The van der Waals surface area contributed by atoms with Gasteiger partial charge in [-0.2, -0.15) is 5.26 Å². The number of nitrogens with zero attached hydrogens (tertiary/aromatic N) is 2. The first-order valence-electron chi connectivity index (χ1n) is 7.39. The lowest BCUT2D eigenvalue weighted by molar-refractivity contribution is 0.0944. The molecular weight excluding hydrogens is 366 g/mol. The topological polar surface area (TPSA) is 57.8 Å². The number of amides is 1. The summed E-state index contributed by atoms with van der Waals surface area (Å²) in [4.78, 5) is 12.7. The lowest BCUT2D eigenvalue weighted by atomic mass is 10.2. The molecule has 0 bridgehead atoms. The summed E-state index contributed by atoms with van der Waals surface area (Å²) < 4.78 is 2.57. The number of hydrogen-bond donors (Lipinski definition) is 1. The van der Waals surface area contributed by atoms with Crippen molar-refractivity contribution >= 4 is 21.8 Å². The van der Waals surface area contributed by atoms with Crippen LogP contribution < -0.4 is 5.32 Å². The van der Waals surface area contributed by atoms with Crippen LogP contribution in [-0.2, 0) is 6.54 Å². The molecule has 1 amide bonds. The van der Waals surface area contributed by atoms with Crippen molar-refractivity contribution in [3.8, 4) is 11.8 Å². The second-order valence-electron chi connectivity index (χ2n) is 5.18. The van der Waals surface area contributed by atoms with E-state index in [4.69, 9.17) is 0 Å². The molecule has 3 rings (SSSR count). The molecule has 0 aliphatic heterocycles. The number of rotatable bonds is 4. The standard InChI is InChI=1S/C19H14BrN3O/c20-16-8-4-5-9-17(16)23-11-10-15(12-21)18(23)19(24)22-13-14-6-2-1-3-7-14/h1-11H,13H2,(H,22,24). The zero-order chi connectivity index (χ0) is 16.9. The zero-order valence-electron chi connectivity index (χ0n) is 12.7. The van der Waals surface area contributed by atoms with Gasteiger partial charge in [-0.15, -0.1) is 0 Å². The highest BCUT2D eigenvalue weighted by molar-refractivity contribution is 9.10. The second kappa shape index (κ2) is 7.16. The molecule has 0 unspecified atom stereocenters. The molecule has 2 aromatic carbocycles. The molecule has 1 N–H and O–H groups in total. The summed E-state index contributed by atoms with van der Waals surface area (Å²) in [6, 6.07) is 21.0. The lowest BCUT2D eigenvalue weighted by Gasteiger charge is -2.12. The second-order valence-corrected chi connectivity index (χ2v) is 6.03. The molecule has 0 aliphatic rings. The Hall–Kier alpha value is -2.84. The predicted octanol–water partition coefficient (Wildman–Crippen LogP) is 4.04. The van der Waals surface area contributed by atoms with Gasteiger partial charge in [0.15, 0.2) is 0 Å². The van der Waals surface area contributed by atoms with Gasteiger partial charge in [0.25, 0.3) is 5.91 Å². The van der Waals surface area contributed by atoms with Gasteiger partial charge in [0.05, 0.1) is 11.3 Å². The van der Waals surface area contributed by atoms with E-state index in [1.807, 2.05) is 54.6 Å². The van der Waals surface area contributed by atoms with E-state index in [0.29, 0.717) is 17.8 Å². The molecule has 0 fully saturated rings. The predicted molar refractivity (Wildman–Crippen MR) is 95.8 cm³/mol. The molecule has 0 spiro atoms. The van der Waals surface area contributed by atoms with Crippen LogP contribution in [-0.4, -0.2) is 10.5 Å². The fraction of sp³-hybridized carbons (Fsp3) is 0.0526. The molecule has 0 saturated heterocycles. The first kappa shape index (κ1) is 16.0. The van der Waals surface area contributed by atoms with Crippen LogP contribution in [0.2, 0.25) is 0 Å². The van der Waals surface area contributed by atoms with Gasteiger partial charge in [-0.05, 0) is 39.7 Å². The molecule has 0 atom stereocenters. The summed E-state index contributed by atoms with van der Waals surface area (Å²) in [5.74, 6) is -0.281. The van der Waals surface area contributed by atoms with Crippen LogP contribution in [0.5, 0.6) is 0 Å². The number of hydrogen-bond acceptors (Lipinski definition) is 2. The normalized spacial score (nSPS) is 10.2. The molecule has 0 saturated carbocycles. The Kier molecular flexibility index (Phi) is 4.78. The van der Waals surface area contributed by atoms with Gasteiger partial charge in [0, 0.05) is 17.2 Å². The maximum absolute atomic E-state index is 12.7. The average molecular weight is 380 g/mol. The quantitative estimate of drug-likeness (QED) is 0.743. The van der Waals surface area contributed by atoms with Crippen LogP contribution in [0.3, 0.4) is 0 Å². The van der Waals surface area contributed by atoms with Gasteiger partial charge < -0.3 is 9.88 Å². The number of aromatic nitrogens is 1. The molecule has 118 valence electrons. The third-order valence-electron chi connectivity index (χ3n) is 3.63. The first-order chi connectivity index (χ1) is 11.7. The Labute approximate surface area is 148 Å². The molecule has 1 aromatic heterocycles. The van der Waals surface area contributed by atoms with Crippen LogP contribution in [0.4, 0.5) is 0 Å². The number of para-hydroxylation sites is 1. The molecule has 0 radical (unpaired) electrons. The average Bonchev–Trinajstić information content (AvgIpc) is 3.05. The van der Waals surface area contributed by atoms with Gasteiger partial charge in [0.1, 0.15) is 11.8 Å². The number of benzene rings is 2. The monoisotopic (exact) mass is 379 g/mol. The number of carbonyl (C=O) groups is 1. The fourth-order valence-electron chi connectivity index (χ4n) is 2.46. The van der Waals surface area contributed by atoms with E-state index in [2.05, 4.69) is 27.3 Å². The van der Waals surface area contributed by atoms with E-state index < -0.39 is 0 Å². The lowest BCUT2D eigenvalue weighted by Crippen LogP contribution is -2.26. The highest BCUT2D eigenvalue weighted by atomic mass is 79.9. The molecule has 1 heterocycles. The van der Waals surface area contributed by atoms with Crippen molar-refractivity contribution in [3.63, 3.8) is 0 Å². The minimum absolute atomic E-state index is 0.281. The van der Waals surface area contributed by atoms with Crippen molar-refractivity contribution in [2.24, 2.45) is 0 Å². The zero-order valence-corrected chi connectivity index (χ0v) is 14.3. The Balaban J connectivity index is 1.92. The van der Waals surface area contributed by atoms with Crippen molar-refractivity contribution in [1.82, 2.24) is 9.88 Å². The van der Waals surface area contributed by atoms with Gasteiger partial charge >= 0.3 is 0 Å². The Morgan fingerprint density at radius 1 is 1.08 bits per heavy atom. The summed E-state index contributed by atoms with van der Waals surface area (Å²) in [5, 5.41) is 12.2. The minimum Gasteiger partial charge on any atom is -0.347 e. The van der Waals surface area contributed by atoms with Gasteiger partial charge in [-0.3, -0.25) is 4.79 Å². The molecular formula is C19H14BrN3O. The van der Waals surface area contributed by atoms with Crippen LogP contribution >= 0.6 is 15.9 Å². The SMILES string of the molecule is N#Cc1ccn(-c2ccccc2Br)c1C(=O)NCc1ccccc1. The summed E-state index contributed by atoms with van der Waals surface area (Å²) in [5.41, 5.74) is 2.49. The smallest absolute Gasteiger partial charge is 0.269 e. The van der Waals surface area contributed by atoms with E-state index in [9.17, 15) is 10.1 Å². The van der Waals surface area contributed by atoms with Gasteiger partial charge in [-0.25, -0.2) is 0 Å². The highest BCUT2D eigenvalue weighted by Crippen LogP contribution is 2.24. The molecule has 3 aromatic rings. The summed E-state index contributed by atoms with van der Waals surface area (Å²) in [6.07, 6.45) is 1.73. The maximum atomic E-state index is 12.7. The first-order valence-corrected chi connectivity index (χ1v) is 8.18. The fourth-order valence-corrected chi connectivity index (χ4v) is 2.94. The summed E-state index contributed by atoms with van der Waals surface area (Å²) >= 11 is 3.49. The molecule has 4 nitrogen and oxygen atoms in total. The van der Waals surface area contributed by atoms with Crippen molar-refractivity contribution in [1.29, 1.82) is 5.26 Å². The molecule has 5 heteroatoms. The Morgan fingerprint density at radius 3 is 2.50 bits per heavy atom. The number of nitrogens with one attached hydrogen (secondary N) is 1. The summed E-state index contributed by atoms with van der Waals surface area (Å²) in [7, 11) is 0. The van der Waals surface area contributed by atoms with Crippen LogP contribution in [0.15, 0.2) is 71.3 Å². The van der Waals surface area contributed by atoms with E-state index in [0.717, 1.165) is 15.7 Å². The van der Waals surface area contributed by atoms with Crippen molar-refractivity contribution in [2.45, 2.75) is 6.54 Å². The van der Waals surface area contributed by atoms with Crippen molar-refractivity contribution in [2.75, 3.05) is 0 Å².